The molecule has 0 amide bonds. The third-order valence-corrected chi connectivity index (χ3v) is 3.50. The maximum Gasteiger partial charge on any atom is 0.137 e. The molecule has 1 fully saturated rings. The summed E-state index contributed by atoms with van der Waals surface area (Å²) >= 11 is 0. The van der Waals surface area contributed by atoms with Crippen LogP contribution in [0.5, 0.6) is 0 Å². The maximum atomic E-state index is 5.39. The zero-order chi connectivity index (χ0) is 11.7. The molecule has 0 aliphatic carbocycles. The van der Waals surface area contributed by atoms with Gasteiger partial charge in [-0.15, -0.1) is 0 Å². The van der Waals surface area contributed by atoms with Crippen molar-refractivity contribution in [3.63, 3.8) is 0 Å². The largest absolute Gasteiger partial charge is 0.381 e. The SMILES string of the molecule is Cc1ccn2cc(CC3CCOCC3)nc2c1. The smallest absolute Gasteiger partial charge is 0.137 e. The van der Waals surface area contributed by atoms with Gasteiger partial charge >= 0.3 is 0 Å². The summed E-state index contributed by atoms with van der Waals surface area (Å²) in [7, 11) is 0. The second kappa shape index (κ2) is 4.49. The van der Waals surface area contributed by atoms with E-state index < -0.39 is 0 Å². The van der Waals surface area contributed by atoms with Crippen molar-refractivity contribution < 1.29 is 4.74 Å². The van der Waals surface area contributed by atoms with E-state index in [0.29, 0.717) is 0 Å². The van der Waals surface area contributed by atoms with Crippen LogP contribution in [0.2, 0.25) is 0 Å². The van der Waals surface area contributed by atoms with E-state index >= 15 is 0 Å². The van der Waals surface area contributed by atoms with Crippen LogP contribution in [0.4, 0.5) is 0 Å². The van der Waals surface area contributed by atoms with Crippen LogP contribution in [0.15, 0.2) is 24.5 Å². The average molecular weight is 230 g/mol. The Balaban J connectivity index is 1.80. The number of ether oxygens (including phenoxy) is 1. The van der Waals surface area contributed by atoms with Crippen LogP contribution >= 0.6 is 0 Å². The van der Waals surface area contributed by atoms with Crippen molar-refractivity contribution in [1.29, 1.82) is 0 Å². The molecule has 0 aromatic carbocycles. The highest BCUT2D eigenvalue weighted by Crippen LogP contribution is 2.20. The van der Waals surface area contributed by atoms with Crippen LogP contribution in [0.3, 0.4) is 0 Å². The molecule has 0 N–H and O–H groups in total. The molecule has 1 saturated heterocycles. The van der Waals surface area contributed by atoms with Crippen LogP contribution in [0.1, 0.15) is 24.1 Å². The second-order valence-electron chi connectivity index (χ2n) is 4.96. The molecule has 3 heteroatoms. The van der Waals surface area contributed by atoms with Gasteiger partial charge in [-0.2, -0.15) is 0 Å². The zero-order valence-corrected chi connectivity index (χ0v) is 10.2. The molecular weight excluding hydrogens is 212 g/mol. The molecule has 2 aromatic rings. The molecule has 17 heavy (non-hydrogen) atoms. The summed E-state index contributed by atoms with van der Waals surface area (Å²) in [5, 5.41) is 0. The van der Waals surface area contributed by atoms with Gasteiger partial charge in [-0.1, -0.05) is 0 Å². The standard InChI is InChI=1S/C14H18N2O/c1-11-2-5-16-10-13(15-14(16)8-11)9-12-3-6-17-7-4-12/h2,5,8,10,12H,3-4,6-7,9H2,1H3. The van der Waals surface area contributed by atoms with Crippen molar-refractivity contribution in [2.45, 2.75) is 26.2 Å². The van der Waals surface area contributed by atoms with Crippen molar-refractivity contribution in [3.8, 4) is 0 Å². The van der Waals surface area contributed by atoms with E-state index in [-0.39, 0.29) is 0 Å². The number of fused-ring (bicyclic) bond motifs is 1. The highest BCUT2D eigenvalue weighted by atomic mass is 16.5. The number of imidazole rings is 1. The molecule has 0 radical (unpaired) electrons. The second-order valence-corrected chi connectivity index (χ2v) is 4.96. The predicted molar refractivity (Wildman–Crippen MR) is 67.2 cm³/mol. The van der Waals surface area contributed by atoms with Crippen molar-refractivity contribution in [1.82, 2.24) is 9.38 Å². The van der Waals surface area contributed by atoms with Crippen molar-refractivity contribution >= 4 is 5.65 Å². The van der Waals surface area contributed by atoms with Crippen LogP contribution < -0.4 is 0 Å². The molecule has 2 aromatic heterocycles. The number of nitrogens with zero attached hydrogens (tertiary/aromatic N) is 2. The molecular formula is C14H18N2O. The Hall–Kier alpha value is -1.35. The summed E-state index contributed by atoms with van der Waals surface area (Å²) in [4.78, 5) is 4.69. The molecule has 0 spiro atoms. The van der Waals surface area contributed by atoms with Gasteiger partial charge < -0.3 is 9.14 Å². The Bertz CT molecular complexity index is 512. The highest BCUT2D eigenvalue weighted by Gasteiger charge is 2.15. The molecule has 0 saturated carbocycles. The molecule has 0 bridgehead atoms. The molecule has 3 rings (SSSR count). The normalized spacial score (nSPS) is 17.7. The minimum atomic E-state index is 0.745. The average Bonchev–Trinajstić information content (AvgIpc) is 2.71. The van der Waals surface area contributed by atoms with E-state index in [2.05, 4.69) is 40.8 Å². The summed E-state index contributed by atoms with van der Waals surface area (Å²) in [5.41, 5.74) is 3.54. The van der Waals surface area contributed by atoms with E-state index in [0.717, 1.165) is 31.2 Å². The lowest BCUT2D eigenvalue weighted by Crippen LogP contribution is -2.17. The Morgan fingerprint density at radius 3 is 3.06 bits per heavy atom. The first-order valence-electron chi connectivity index (χ1n) is 6.33. The van der Waals surface area contributed by atoms with Crippen molar-refractivity contribution in [2.24, 2.45) is 5.92 Å². The highest BCUT2D eigenvalue weighted by molar-refractivity contribution is 5.42. The van der Waals surface area contributed by atoms with E-state index in [4.69, 9.17) is 4.74 Å². The van der Waals surface area contributed by atoms with Gasteiger partial charge in [0.05, 0.1) is 5.69 Å². The number of hydrogen-bond donors (Lipinski definition) is 0. The van der Waals surface area contributed by atoms with Gasteiger partial charge in [0.15, 0.2) is 0 Å². The lowest BCUT2D eigenvalue weighted by atomic mass is 9.95. The molecule has 3 nitrogen and oxygen atoms in total. The third kappa shape index (κ3) is 2.34. The first kappa shape index (κ1) is 10.8. The molecule has 1 aliphatic heterocycles. The van der Waals surface area contributed by atoms with Gasteiger partial charge in [-0.25, -0.2) is 4.98 Å². The number of pyridine rings is 1. The lowest BCUT2D eigenvalue weighted by Gasteiger charge is -2.20. The topological polar surface area (TPSA) is 26.5 Å². The van der Waals surface area contributed by atoms with Gasteiger partial charge in [0, 0.05) is 25.6 Å². The number of rotatable bonds is 2. The van der Waals surface area contributed by atoms with Gasteiger partial charge in [0.25, 0.3) is 0 Å². The quantitative estimate of drug-likeness (QED) is 0.792. The molecule has 90 valence electrons. The predicted octanol–water partition coefficient (Wildman–Crippen LogP) is 2.61. The fourth-order valence-corrected chi connectivity index (χ4v) is 2.48. The van der Waals surface area contributed by atoms with Gasteiger partial charge in [-0.05, 0) is 49.8 Å². The van der Waals surface area contributed by atoms with E-state index in [1.54, 1.807) is 0 Å². The van der Waals surface area contributed by atoms with Gasteiger partial charge in [0.1, 0.15) is 5.65 Å². The Morgan fingerprint density at radius 1 is 1.41 bits per heavy atom. The van der Waals surface area contributed by atoms with Crippen LogP contribution in [-0.2, 0) is 11.2 Å². The van der Waals surface area contributed by atoms with E-state index in [1.807, 2.05) is 0 Å². The van der Waals surface area contributed by atoms with Crippen LogP contribution in [0, 0.1) is 12.8 Å². The minimum absolute atomic E-state index is 0.745. The Morgan fingerprint density at radius 2 is 2.24 bits per heavy atom. The molecule has 0 unspecified atom stereocenters. The molecule has 3 heterocycles. The Labute approximate surface area is 101 Å². The first-order chi connectivity index (χ1) is 8.31. The number of aromatic nitrogens is 2. The fraction of sp³-hybridized carbons (Fsp3) is 0.500. The van der Waals surface area contributed by atoms with Gasteiger partial charge in [0.2, 0.25) is 0 Å². The van der Waals surface area contributed by atoms with E-state index in [1.165, 1.54) is 24.1 Å². The molecule has 1 aliphatic rings. The Kier molecular flexibility index (Phi) is 2.85. The third-order valence-electron chi connectivity index (χ3n) is 3.50. The zero-order valence-electron chi connectivity index (χ0n) is 10.2. The van der Waals surface area contributed by atoms with E-state index in [9.17, 15) is 0 Å². The maximum absolute atomic E-state index is 5.39. The van der Waals surface area contributed by atoms with Crippen molar-refractivity contribution in [2.75, 3.05) is 13.2 Å². The fourth-order valence-electron chi connectivity index (χ4n) is 2.48. The summed E-state index contributed by atoms with van der Waals surface area (Å²) in [6, 6.07) is 4.25. The minimum Gasteiger partial charge on any atom is -0.381 e. The summed E-state index contributed by atoms with van der Waals surface area (Å²) in [5.74, 6) is 0.745. The summed E-state index contributed by atoms with van der Waals surface area (Å²) < 4.78 is 7.50. The monoisotopic (exact) mass is 230 g/mol. The lowest BCUT2D eigenvalue weighted by molar-refractivity contribution is 0.0663. The van der Waals surface area contributed by atoms with Gasteiger partial charge in [-0.3, -0.25) is 0 Å². The first-order valence-corrected chi connectivity index (χ1v) is 6.33. The van der Waals surface area contributed by atoms with Crippen LogP contribution in [0.25, 0.3) is 5.65 Å². The summed E-state index contributed by atoms with van der Waals surface area (Å²) in [6.45, 7) is 3.93. The molecule has 0 atom stereocenters. The van der Waals surface area contributed by atoms with Crippen LogP contribution in [-0.4, -0.2) is 22.6 Å². The number of hydrogen-bond acceptors (Lipinski definition) is 2. The van der Waals surface area contributed by atoms with Crippen molar-refractivity contribution in [3.05, 3.63) is 35.8 Å². The number of aryl methyl sites for hydroxylation is 1. The summed E-state index contributed by atoms with van der Waals surface area (Å²) in [6.07, 6.45) is 7.68.